The summed E-state index contributed by atoms with van der Waals surface area (Å²) in [6.45, 7) is 0.669. The van der Waals surface area contributed by atoms with E-state index in [1.54, 1.807) is 3.96 Å². The van der Waals surface area contributed by atoms with Gasteiger partial charge in [0.25, 0.3) is 5.56 Å². The van der Waals surface area contributed by atoms with Crippen molar-refractivity contribution < 1.29 is 0 Å². The van der Waals surface area contributed by atoms with E-state index in [2.05, 4.69) is 0 Å². The van der Waals surface area contributed by atoms with Crippen LogP contribution >= 0.6 is 11.5 Å². The topological polar surface area (TPSA) is 48.0 Å². The Balaban J connectivity index is 1.97. The van der Waals surface area contributed by atoms with Gasteiger partial charge in [-0.3, -0.25) is 8.75 Å². The fourth-order valence-electron chi connectivity index (χ4n) is 2.00. The molecular formula is C12H14N2OS. The number of rotatable bonds is 3. The molecule has 4 heteroatoms. The molecule has 1 aliphatic carbocycles. The fourth-order valence-corrected chi connectivity index (χ4v) is 3.06. The van der Waals surface area contributed by atoms with Crippen LogP contribution < -0.4 is 11.3 Å². The Morgan fingerprint density at radius 2 is 2.19 bits per heavy atom. The van der Waals surface area contributed by atoms with E-state index < -0.39 is 0 Å². The number of hydrogen-bond acceptors (Lipinski definition) is 3. The quantitative estimate of drug-likeness (QED) is 0.880. The summed E-state index contributed by atoms with van der Waals surface area (Å²) in [5.74, 6) is 0.636. The molecule has 0 aliphatic heterocycles. The summed E-state index contributed by atoms with van der Waals surface area (Å²) in [6, 6.07) is 7.88. The van der Waals surface area contributed by atoms with E-state index in [0.29, 0.717) is 12.5 Å². The molecule has 2 aromatic rings. The summed E-state index contributed by atoms with van der Waals surface area (Å²) in [5.41, 5.74) is 6.16. The van der Waals surface area contributed by atoms with Crippen LogP contribution in [-0.4, -0.2) is 10.00 Å². The average Bonchev–Trinajstić information content (AvgIpc) is 3.08. The van der Waals surface area contributed by atoms with Crippen molar-refractivity contribution in [2.75, 3.05) is 0 Å². The summed E-state index contributed by atoms with van der Waals surface area (Å²) < 4.78 is 2.85. The number of aromatic nitrogens is 1. The molecule has 0 saturated heterocycles. The van der Waals surface area contributed by atoms with Gasteiger partial charge in [-0.05, 0) is 30.9 Å². The predicted molar refractivity (Wildman–Crippen MR) is 66.8 cm³/mol. The number of nitrogens with two attached hydrogens (primary N) is 1. The second-order valence-electron chi connectivity index (χ2n) is 4.45. The van der Waals surface area contributed by atoms with Crippen LogP contribution in [0.4, 0.5) is 0 Å². The first kappa shape index (κ1) is 10.1. The van der Waals surface area contributed by atoms with E-state index in [0.717, 1.165) is 10.1 Å². The highest BCUT2D eigenvalue weighted by Gasteiger charge is 2.29. The van der Waals surface area contributed by atoms with E-state index in [1.807, 2.05) is 24.3 Å². The molecule has 1 aliphatic rings. The zero-order valence-electron chi connectivity index (χ0n) is 8.93. The van der Waals surface area contributed by atoms with Crippen LogP contribution in [0.5, 0.6) is 0 Å². The first-order valence-electron chi connectivity index (χ1n) is 5.60. The van der Waals surface area contributed by atoms with Crippen molar-refractivity contribution in [1.29, 1.82) is 0 Å². The molecule has 3 rings (SSSR count). The van der Waals surface area contributed by atoms with Gasteiger partial charge >= 0.3 is 0 Å². The van der Waals surface area contributed by atoms with Crippen LogP contribution in [0, 0.1) is 5.92 Å². The van der Waals surface area contributed by atoms with Crippen molar-refractivity contribution in [2.24, 2.45) is 11.7 Å². The monoisotopic (exact) mass is 234 g/mol. The third-order valence-electron chi connectivity index (χ3n) is 3.16. The minimum atomic E-state index is 0.108. The maximum atomic E-state index is 12.0. The molecule has 1 aromatic heterocycles. The molecule has 1 heterocycles. The Morgan fingerprint density at radius 3 is 2.88 bits per heavy atom. The first-order valence-corrected chi connectivity index (χ1v) is 6.37. The highest BCUT2D eigenvalue weighted by molar-refractivity contribution is 7.13. The molecule has 1 saturated carbocycles. The number of benzene rings is 1. The molecule has 1 unspecified atom stereocenters. The maximum absolute atomic E-state index is 12.0. The number of hydrogen-bond donors (Lipinski definition) is 1. The summed E-state index contributed by atoms with van der Waals surface area (Å²) >= 11 is 1.52. The lowest BCUT2D eigenvalue weighted by molar-refractivity contribution is 0.517. The second-order valence-corrected chi connectivity index (χ2v) is 5.52. The van der Waals surface area contributed by atoms with Crippen molar-refractivity contribution in [1.82, 2.24) is 3.96 Å². The van der Waals surface area contributed by atoms with Crippen LogP contribution in [0.15, 0.2) is 29.1 Å². The molecule has 0 bridgehead atoms. The second kappa shape index (κ2) is 3.71. The SMILES string of the molecule is NC(Cn1sc2ccccc2c1=O)C1CC1. The highest BCUT2D eigenvalue weighted by atomic mass is 32.1. The van der Waals surface area contributed by atoms with Crippen molar-refractivity contribution in [3.63, 3.8) is 0 Å². The first-order chi connectivity index (χ1) is 7.75. The van der Waals surface area contributed by atoms with Crippen molar-refractivity contribution in [3.05, 3.63) is 34.6 Å². The lowest BCUT2D eigenvalue weighted by Gasteiger charge is -2.08. The molecule has 84 valence electrons. The van der Waals surface area contributed by atoms with Gasteiger partial charge in [0.1, 0.15) is 0 Å². The number of fused-ring (bicyclic) bond motifs is 1. The van der Waals surface area contributed by atoms with Gasteiger partial charge in [0.2, 0.25) is 0 Å². The van der Waals surface area contributed by atoms with Crippen molar-refractivity contribution >= 4 is 21.6 Å². The molecule has 3 nitrogen and oxygen atoms in total. The van der Waals surface area contributed by atoms with E-state index in [9.17, 15) is 4.79 Å². The third kappa shape index (κ3) is 1.68. The van der Waals surface area contributed by atoms with Crippen LogP contribution in [-0.2, 0) is 6.54 Å². The normalized spacial score (nSPS) is 17.8. The van der Waals surface area contributed by atoms with Gasteiger partial charge in [-0.1, -0.05) is 23.7 Å². The molecule has 16 heavy (non-hydrogen) atoms. The van der Waals surface area contributed by atoms with Gasteiger partial charge in [0, 0.05) is 6.04 Å². The largest absolute Gasteiger partial charge is 0.326 e. The lowest BCUT2D eigenvalue weighted by atomic mass is 10.2. The van der Waals surface area contributed by atoms with Crippen LogP contribution in [0.3, 0.4) is 0 Å². The minimum absolute atomic E-state index is 0.108. The Labute approximate surface area is 97.6 Å². The summed E-state index contributed by atoms with van der Waals surface area (Å²) in [7, 11) is 0. The fraction of sp³-hybridized carbons (Fsp3) is 0.417. The average molecular weight is 234 g/mol. The Hall–Kier alpha value is -1.13. The minimum Gasteiger partial charge on any atom is -0.326 e. The van der Waals surface area contributed by atoms with Crippen LogP contribution in [0.1, 0.15) is 12.8 Å². The third-order valence-corrected chi connectivity index (χ3v) is 4.24. The van der Waals surface area contributed by atoms with Gasteiger partial charge in [-0.2, -0.15) is 0 Å². The Kier molecular flexibility index (Phi) is 2.33. The highest BCUT2D eigenvalue weighted by Crippen LogP contribution is 2.32. The summed E-state index contributed by atoms with van der Waals surface area (Å²) in [6.07, 6.45) is 2.45. The van der Waals surface area contributed by atoms with E-state index >= 15 is 0 Å². The lowest BCUT2D eigenvalue weighted by Crippen LogP contribution is -2.31. The van der Waals surface area contributed by atoms with Crippen LogP contribution in [0.25, 0.3) is 10.1 Å². The van der Waals surface area contributed by atoms with Gasteiger partial charge < -0.3 is 5.73 Å². The van der Waals surface area contributed by atoms with E-state index in [1.165, 1.54) is 24.4 Å². The zero-order chi connectivity index (χ0) is 11.1. The van der Waals surface area contributed by atoms with E-state index in [4.69, 9.17) is 5.73 Å². The van der Waals surface area contributed by atoms with Crippen LogP contribution in [0.2, 0.25) is 0 Å². The molecule has 1 fully saturated rings. The zero-order valence-corrected chi connectivity index (χ0v) is 9.74. The maximum Gasteiger partial charge on any atom is 0.268 e. The Morgan fingerprint density at radius 1 is 1.44 bits per heavy atom. The van der Waals surface area contributed by atoms with Crippen molar-refractivity contribution in [3.8, 4) is 0 Å². The van der Waals surface area contributed by atoms with Crippen molar-refractivity contribution in [2.45, 2.75) is 25.4 Å². The molecule has 1 atom stereocenters. The standard InChI is InChI=1S/C12H14N2OS/c13-10(8-5-6-8)7-14-12(15)9-3-1-2-4-11(9)16-14/h1-4,8,10H,5-7,13H2. The van der Waals surface area contributed by atoms with Gasteiger partial charge in [0.05, 0.1) is 16.6 Å². The van der Waals surface area contributed by atoms with Gasteiger partial charge in [0.15, 0.2) is 0 Å². The molecule has 0 radical (unpaired) electrons. The van der Waals surface area contributed by atoms with Gasteiger partial charge in [-0.25, -0.2) is 0 Å². The summed E-state index contributed by atoms with van der Waals surface area (Å²) in [4.78, 5) is 12.0. The predicted octanol–water partition coefficient (Wildman–Crippen LogP) is 1.80. The van der Waals surface area contributed by atoms with Gasteiger partial charge in [-0.15, -0.1) is 0 Å². The molecule has 2 N–H and O–H groups in total. The molecule has 0 spiro atoms. The Bertz CT molecular complexity index is 568. The summed E-state index contributed by atoms with van der Waals surface area (Å²) in [5, 5.41) is 0.815. The van der Waals surface area contributed by atoms with E-state index in [-0.39, 0.29) is 11.6 Å². The molecule has 1 aromatic carbocycles. The molecule has 0 amide bonds. The molecular weight excluding hydrogens is 220 g/mol. The number of nitrogens with zero attached hydrogens (tertiary/aromatic N) is 1. The smallest absolute Gasteiger partial charge is 0.268 e.